The second kappa shape index (κ2) is 6.35. The fourth-order valence-electron chi connectivity index (χ4n) is 2.80. The van der Waals surface area contributed by atoms with Gasteiger partial charge in [0.15, 0.2) is 0 Å². The van der Waals surface area contributed by atoms with E-state index in [4.69, 9.17) is 0 Å². The van der Waals surface area contributed by atoms with E-state index in [9.17, 15) is 5.11 Å². The van der Waals surface area contributed by atoms with Crippen LogP contribution in [-0.4, -0.2) is 29.6 Å². The van der Waals surface area contributed by atoms with Crippen LogP contribution in [0.25, 0.3) is 0 Å². The molecule has 0 saturated carbocycles. The normalized spacial score (nSPS) is 20.6. The lowest BCUT2D eigenvalue weighted by atomic mass is 9.87. The number of aliphatic hydroxyl groups is 1. The van der Waals surface area contributed by atoms with E-state index >= 15 is 0 Å². The van der Waals surface area contributed by atoms with Crippen molar-refractivity contribution in [2.24, 2.45) is 0 Å². The molecule has 0 aliphatic carbocycles. The Labute approximate surface area is 111 Å². The SMILES string of the molecule is CC[C@@](O)(CCN1CCCCC1)c1ccccc1. The zero-order chi connectivity index (χ0) is 12.8. The fourth-order valence-corrected chi connectivity index (χ4v) is 2.80. The van der Waals surface area contributed by atoms with Gasteiger partial charge >= 0.3 is 0 Å². The first-order valence-corrected chi connectivity index (χ1v) is 7.25. The van der Waals surface area contributed by atoms with Crippen LogP contribution in [0, 0.1) is 0 Å². The summed E-state index contributed by atoms with van der Waals surface area (Å²) in [6.07, 6.45) is 5.62. The molecule has 2 nitrogen and oxygen atoms in total. The van der Waals surface area contributed by atoms with Gasteiger partial charge in [-0.1, -0.05) is 43.7 Å². The highest BCUT2D eigenvalue weighted by atomic mass is 16.3. The summed E-state index contributed by atoms with van der Waals surface area (Å²) in [4.78, 5) is 2.49. The zero-order valence-corrected chi connectivity index (χ0v) is 11.4. The lowest BCUT2D eigenvalue weighted by Crippen LogP contribution is -2.35. The summed E-state index contributed by atoms with van der Waals surface area (Å²) in [6.45, 7) is 5.49. The largest absolute Gasteiger partial charge is 0.385 e. The average molecular weight is 247 g/mol. The molecular formula is C16H25NO. The summed E-state index contributed by atoms with van der Waals surface area (Å²) in [5.41, 5.74) is 0.406. The third-order valence-corrected chi connectivity index (χ3v) is 4.19. The first-order chi connectivity index (χ1) is 8.74. The molecule has 1 fully saturated rings. The predicted molar refractivity (Wildman–Crippen MR) is 75.5 cm³/mol. The first kappa shape index (κ1) is 13.6. The molecule has 2 rings (SSSR count). The van der Waals surface area contributed by atoms with E-state index in [1.165, 1.54) is 32.4 Å². The topological polar surface area (TPSA) is 23.5 Å². The monoisotopic (exact) mass is 247 g/mol. The van der Waals surface area contributed by atoms with Crippen molar-refractivity contribution in [3.05, 3.63) is 35.9 Å². The summed E-state index contributed by atoms with van der Waals surface area (Å²) in [5, 5.41) is 10.8. The molecule has 0 unspecified atom stereocenters. The molecule has 2 heteroatoms. The Bertz CT molecular complexity index is 345. The molecule has 1 N–H and O–H groups in total. The summed E-state index contributed by atoms with van der Waals surface area (Å²) < 4.78 is 0. The van der Waals surface area contributed by atoms with E-state index in [0.717, 1.165) is 24.9 Å². The van der Waals surface area contributed by atoms with Crippen LogP contribution in [0.2, 0.25) is 0 Å². The van der Waals surface area contributed by atoms with Gasteiger partial charge in [-0.05, 0) is 44.3 Å². The summed E-state index contributed by atoms with van der Waals surface area (Å²) in [6, 6.07) is 10.1. The summed E-state index contributed by atoms with van der Waals surface area (Å²) in [5.74, 6) is 0. The molecule has 1 aromatic rings. The molecule has 1 atom stereocenters. The molecule has 1 aliphatic rings. The van der Waals surface area contributed by atoms with Crippen LogP contribution < -0.4 is 0 Å². The van der Waals surface area contributed by atoms with Crippen molar-refractivity contribution in [2.75, 3.05) is 19.6 Å². The van der Waals surface area contributed by atoms with Gasteiger partial charge < -0.3 is 10.0 Å². The van der Waals surface area contributed by atoms with Gasteiger partial charge in [-0.3, -0.25) is 0 Å². The Morgan fingerprint density at radius 3 is 2.39 bits per heavy atom. The van der Waals surface area contributed by atoms with Crippen molar-refractivity contribution >= 4 is 0 Å². The maximum absolute atomic E-state index is 10.8. The number of rotatable bonds is 5. The molecule has 1 heterocycles. The van der Waals surface area contributed by atoms with E-state index in [1.807, 2.05) is 30.3 Å². The van der Waals surface area contributed by atoms with E-state index in [-0.39, 0.29) is 0 Å². The van der Waals surface area contributed by atoms with E-state index in [2.05, 4.69) is 11.8 Å². The van der Waals surface area contributed by atoms with Crippen molar-refractivity contribution in [2.45, 2.75) is 44.6 Å². The standard InChI is InChI=1S/C16H25NO/c1-2-16(18,15-9-5-3-6-10-15)11-14-17-12-7-4-8-13-17/h3,5-6,9-10,18H,2,4,7-8,11-14H2,1H3/t16-/m1/s1. The average Bonchev–Trinajstić information content (AvgIpc) is 2.47. The Kier molecular flexibility index (Phi) is 4.79. The highest BCUT2D eigenvalue weighted by Gasteiger charge is 2.27. The Morgan fingerprint density at radius 1 is 1.11 bits per heavy atom. The van der Waals surface area contributed by atoms with Crippen LogP contribution in [0.5, 0.6) is 0 Å². The molecule has 1 aromatic carbocycles. The van der Waals surface area contributed by atoms with Crippen molar-refractivity contribution in [3.63, 3.8) is 0 Å². The van der Waals surface area contributed by atoms with Crippen LogP contribution in [0.15, 0.2) is 30.3 Å². The number of likely N-dealkylation sites (tertiary alicyclic amines) is 1. The number of nitrogens with zero attached hydrogens (tertiary/aromatic N) is 1. The highest BCUT2D eigenvalue weighted by Crippen LogP contribution is 2.29. The van der Waals surface area contributed by atoms with Gasteiger partial charge in [-0.25, -0.2) is 0 Å². The molecule has 1 saturated heterocycles. The van der Waals surface area contributed by atoms with Gasteiger partial charge in [0, 0.05) is 6.54 Å². The lowest BCUT2D eigenvalue weighted by molar-refractivity contribution is 0.0116. The molecular weight excluding hydrogens is 222 g/mol. The van der Waals surface area contributed by atoms with Crippen molar-refractivity contribution in [3.8, 4) is 0 Å². The Morgan fingerprint density at radius 2 is 1.78 bits per heavy atom. The molecule has 0 spiro atoms. The molecule has 0 bridgehead atoms. The number of benzene rings is 1. The van der Waals surface area contributed by atoms with Crippen molar-refractivity contribution < 1.29 is 5.11 Å². The quantitative estimate of drug-likeness (QED) is 0.864. The third-order valence-electron chi connectivity index (χ3n) is 4.19. The van der Waals surface area contributed by atoms with Crippen LogP contribution in [0.1, 0.15) is 44.6 Å². The smallest absolute Gasteiger partial charge is 0.0906 e. The third kappa shape index (κ3) is 3.33. The van der Waals surface area contributed by atoms with Crippen molar-refractivity contribution in [1.29, 1.82) is 0 Å². The summed E-state index contributed by atoms with van der Waals surface area (Å²) >= 11 is 0. The minimum Gasteiger partial charge on any atom is -0.385 e. The molecule has 18 heavy (non-hydrogen) atoms. The van der Waals surface area contributed by atoms with Crippen LogP contribution in [-0.2, 0) is 5.60 Å². The van der Waals surface area contributed by atoms with Crippen LogP contribution in [0.3, 0.4) is 0 Å². The zero-order valence-electron chi connectivity index (χ0n) is 11.4. The van der Waals surface area contributed by atoms with E-state index in [0.29, 0.717) is 0 Å². The van der Waals surface area contributed by atoms with E-state index < -0.39 is 5.60 Å². The number of hydrogen-bond donors (Lipinski definition) is 1. The van der Waals surface area contributed by atoms with Gasteiger partial charge in [0.2, 0.25) is 0 Å². The van der Waals surface area contributed by atoms with Gasteiger partial charge in [0.05, 0.1) is 5.60 Å². The Hall–Kier alpha value is -0.860. The minimum atomic E-state index is -0.654. The molecule has 1 aliphatic heterocycles. The molecule has 0 aromatic heterocycles. The fraction of sp³-hybridized carbons (Fsp3) is 0.625. The second-order valence-corrected chi connectivity index (χ2v) is 5.40. The predicted octanol–water partition coefficient (Wildman–Crippen LogP) is 3.16. The maximum atomic E-state index is 10.8. The van der Waals surface area contributed by atoms with Gasteiger partial charge in [0.25, 0.3) is 0 Å². The van der Waals surface area contributed by atoms with Crippen LogP contribution in [0.4, 0.5) is 0 Å². The second-order valence-electron chi connectivity index (χ2n) is 5.40. The maximum Gasteiger partial charge on any atom is 0.0906 e. The first-order valence-electron chi connectivity index (χ1n) is 7.25. The Balaban J connectivity index is 1.95. The highest BCUT2D eigenvalue weighted by molar-refractivity contribution is 5.22. The molecule has 0 radical (unpaired) electrons. The minimum absolute atomic E-state index is 0.654. The molecule has 100 valence electrons. The van der Waals surface area contributed by atoms with Crippen molar-refractivity contribution in [1.82, 2.24) is 4.90 Å². The van der Waals surface area contributed by atoms with Gasteiger partial charge in [0.1, 0.15) is 0 Å². The number of piperidine rings is 1. The number of hydrogen-bond acceptors (Lipinski definition) is 2. The lowest BCUT2D eigenvalue weighted by Gasteiger charge is -2.32. The van der Waals surface area contributed by atoms with E-state index in [1.54, 1.807) is 0 Å². The van der Waals surface area contributed by atoms with Gasteiger partial charge in [-0.2, -0.15) is 0 Å². The molecule has 0 amide bonds. The van der Waals surface area contributed by atoms with Crippen LogP contribution >= 0.6 is 0 Å². The summed E-state index contributed by atoms with van der Waals surface area (Å²) in [7, 11) is 0. The van der Waals surface area contributed by atoms with Gasteiger partial charge in [-0.15, -0.1) is 0 Å².